The van der Waals surface area contributed by atoms with Crippen molar-refractivity contribution in [2.24, 2.45) is 0 Å². The minimum Gasteiger partial charge on any atom is -0.409 e. The van der Waals surface area contributed by atoms with E-state index in [1.54, 1.807) is 4.90 Å². The quantitative estimate of drug-likeness (QED) is 0.675. The minimum atomic E-state index is 0.131. The van der Waals surface area contributed by atoms with Crippen LogP contribution in [0.15, 0.2) is 28.7 Å². The first kappa shape index (κ1) is 12.6. The summed E-state index contributed by atoms with van der Waals surface area (Å²) in [5.74, 6) is 0.578. The summed E-state index contributed by atoms with van der Waals surface area (Å²) < 4.78 is 5.23. The van der Waals surface area contributed by atoms with Crippen molar-refractivity contribution in [3.63, 3.8) is 0 Å². The van der Waals surface area contributed by atoms with Crippen LogP contribution in [0.1, 0.15) is 6.42 Å². The summed E-state index contributed by atoms with van der Waals surface area (Å²) in [5, 5.41) is 6.53. The molecule has 1 aromatic heterocycles. The molecule has 1 N–H and O–H groups in total. The van der Waals surface area contributed by atoms with Crippen LogP contribution in [0.3, 0.4) is 0 Å². The summed E-state index contributed by atoms with van der Waals surface area (Å²) in [6.45, 7) is 0.696. The van der Waals surface area contributed by atoms with E-state index in [1.807, 2.05) is 24.3 Å². The maximum Gasteiger partial charge on any atom is 0.284 e. The van der Waals surface area contributed by atoms with Crippen molar-refractivity contribution < 1.29 is 9.21 Å². The van der Waals surface area contributed by atoms with Gasteiger partial charge in [0.05, 0.1) is 0 Å². The molecule has 1 fully saturated rings. The Kier molecular flexibility index (Phi) is 3.24. The molecule has 5 nitrogen and oxygen atoms in total. The number of carbonyl (C=O) groups is 1. The fourth-order valence-electron chi connectivity index (χ4n) is 2.05. The second-order valence-corrected chi connectivity index (χ2v) is 5.94. The van der Waals surface area contributed by atoms with Gasteiger partial charge >= 0.3 is 0 Å². The number of H-pyrrole nitrogens is 1. The van der Waals surface area contributed by atoms with Gasteiger partial charge in [-0.15, -0.1) is 5.10 Å². The van der Waals surface area contributed by atoms with Gasteiger partial charge in [-0.1, -0.05) is 15.9 Å². The second kappa shape index (κ2) is 4.90. The van der Waals surface area contributed by atoms with Crippen molar-refractivity contribution in [1.29, 1.82) is 0 Å². The number of carbonyl (C=O) groups excluding carboxylic acids is 1. The lowest BCUT2D eigenvalue weighted by molar-refractivity contribution is -0.117. The van der Waals surface area contributed by atoms with Gasteiger partial charge in [0.15, 0.2) is 0 Å². The van der Waals surface area contributed by atoms with E-state index in [-0.39, 0.29) is 15.6 Å². The number of hydrogen-bond acceptors (Lipinski definition) is 4. The topological polar surface area (TPSA) is 62.1 Å². The Bertz CT molecular complexity index is 664. The number of rotatable bonds is 2. The monoisotopic (exact) mass is 339 g/mol. The lowest BCUT2D eigenvalue weighted by Gasteiger charge is -2.15. The van der Waals surface area contributed by atoms with Crippen molar-refractivity contribution in [1.82, 2.24) is 10.2 Å². The maximum atomic E-state index is 11.8. The van der Waals surface area contributed by atoms with Crippen molar-refractivity contribution in [2.45, 2.75) is 11.2 Å². The number of aromatic nitrogens is 2. The van der Waals surface area contributed by atoms with Crippen molar-refractivity contribution in [3.8, 4) is 11.5 Å². The van der Waals surface area contributed by atoms with Crippen molar-refractivity contribution >= 4 is 39.7 Å². The van der Waals surface area contributed by atoms with Gasteiger partial charge in [0, 0.05) is 29.0 Å². The molecule has 19 heavy (non-hydrogen) atoms. The van der Waals surface area contributed by atoms with E-state index in [0.29, 0.717) is 18.9 Å². The summed E-state index contributed by atoms with van der Waals surface area (Å²) in [6, 6.07) is 7.48. The van der Waals surface area contributed by atoms with E-state index in [2.05, 4.69) is 26.1 Å². The van der Waals surface area contributed by atoms with Crippen LogP contribution in [0.2, 0.25) is 0 Å². The molecular formula is C12H10BrN3O2S. The average Bonchev–Trinajstić information content (AvgIpc) is 2.96. The molecule has 3 rings (SSSR count). The Morgan fingerprint density at radius 2 is 2.16 bits per heavy atom. The lowest BCUT2D eigenvalue weighted by Crippen LogP contribution is -2.24. The van der Waals surface area contributed by atoms with E-state index in [9.17, 15) is 4.79 Å². The molecule has 1 unspecified atom stereocenters. The zero-order valence-electron chi connectivity index (χ0n) is 9.80. The highest BCUT2D eigenvalue weighted by molar-refractivity contribution is 9.09. The Labute approximate surface area is 122 Å². The number of nitrogens with zero attached hydrogens (tertiary/aromatic N) is 2. The summed E-state index contributed by atoms with van der Waals surface area (Å²) >= 11 is 8.30. The molecule has 1 aliphatic rings. The van der Waals surface area contributed by atoms with Crippen LogP contribution >= 0.6 is 28.1 Å². The number of amides is 1. The first-order valence-electron chi connectivity index (χ1n) is 5.74. The Balaban J connectivity index is 1.87. The van der Waals surface area contributed by atoms with Crippen LogP contribution in [-0.2, 0) is 4.79 Å². The summed E-state index contributed by atoms with van der Waals surface area (Å²) in [7, 11) is 0. The second-order valence-electron chi connectivity index (χ2n) is 4.27. The molecule has 2 aromatic rings. The van der Waals surface area contributed by atoms with Crippen LogP contribution in [0.5, 0.6) is 0 Å². The third-order valence-corrected chi connectivity index (χ3v) is 3.73. The summed E-state index contributed by atoms with van der Waals surface area (Å²) in [6.07, 6.45) is 0.537. The molecule has 1 aliphatic heterocycles. The highest BCUT2D eigenvalue weighted by atomic mass is 79.9. The third-order valence-electron chi connectivity index (χ3n) is 2.94. The molecular weight excluding hydrogens is 330 g/mol. The van der Waals surface area contributed by atoms with Gasteiger partial charge in [0.2, 0.25) is 11.8 Å². The molecule has 1 amide bonds. The van der Waals surface area contributed by atoms with Gasteiger partial charge in [0.1, 0.15) is 0 Å². The third kappa shape index (κ3) is 2.48. The Morgan fingerprint density at radius 3 is 2.68 bits per heavy atom. The molecule has 7 heteroatoms. The van der Waals surface area contributed by atoms with Crippen LogP contribution < -0.4 is 4.90 Å². The normalized spacial score (nSPS) is 19.1. The van der Waals surface area contributed by atoms with Crippen LogP contribution in [0, 0.1) is 4.84 Å². The largest absolute Gasteiger partial charge is 0.409 e. The number of aromatic amines is 1. The van der Waals surface area contributed by atoms with Crippen molar-refractivity contribution in [3.05, 3.63) is 29.1 Å². The Hall–Kier alpha value is -1.47. The zero-order valence-corrected chi connectivity index (χ0v) is 12.2. The summed E-state index contributed by atoms with van der Waals surface area (Å²) in [4.78, 5) is 14.0. The molecule has 1 atom stereocenters. The number of halogens is 1. The highest BCUT2D eigenvalue weighted by Gasteiger charge is 2.28. The molecule has 0 radical (unpaired) electrons. The van der Waals surface area contributed by atoms with Crippen LogP contribution in [-0.4, -0.2) is 27.5 Å². The van der Waals surface area contributed by atoms with Crippen LogP contribution in [0.4, 0.5) is 5.69 Å². The first-order chi connectivity index (χ1) is 9.13. The van der Waals surface area contributed by atoms with Crippen molar-refractivity contribution in [2.75, 3.05) is 11.4 Å². The molecule has 0 spiro atoms. The Morgan fingerprint density at radius 1 is 1.42 bits per heavy atom. The van der Waals surface area contributed by atoms with Gasteiger partial charge in [-0.3, -0.25) is 4.79 Å². The predicted octanol–water partition coefficient (Wildman–Crippen LogP) is 2.90. The molecule has 1 aromatic carbocycles. The molecule has 98 valence electrons. The molecule has 2 heterocycles. The standard InChI is InChI=1S/C12H10BrN3O2S/c13-8-5-10(17)16(6-8)9-3-1-7(2-4-9)11-14-15-12(19)18-11/h1-4,8H,5-6H2,(H,15,19). The predicted molar refractivity (Wildman–Crippen MR) is 76.8 cm³/mol. The molecule has 1 saturated heterocycles. The van der Waals surface area contributed by atoms with Crippen LogP contribution in [0.25, 0.3) is 11.5 Å². The minimum absolute atomic E-state index is 0.131. The summed E-state index contributed by atoms with van der Waals surface area (Å²) in [5.41, 5.74) is 1.70. The average molecular weight is 340 g/mol. The van der Waals surface area contributed by atoms with E-state index in [0.717, 1.165) is 11.3 Å². The molecule has 0 aliphatic carbocycles. The van der Waals surface area contributed by atoms with E-state index >= 15 is 0 Å². The zero-order chi connectivity index (χ0) is 13.4. The fraction of sp³-hybridized carbons (Fsp3) is 0.250. The number of anilines is 1. The number of hydrogen-bond donors (Lipinski definition) is 1. The maximum absolute atomic E-state index is 11.8. The van der Waals surface area contributed by atoms with E-state index in [4.69, 9.17) is 16.6 Å². The number of alkyl halides is 1. The van der Waals surface area contributed by atoms with Gasteiger partial charge in [-0.2, -0.15) is 0 Å². The highest BCUT2D eigenvalue weighted by Crippen LogP contribution is 2.27. The molecule has 0 bridgehead atoms. The SMILES string of the molecule is O=C1CC(Br)CN1c1ccc(-c2n[nH]c(=S)o2)cc1. The van der Waals surface area contributed by atoms with Gasteiger partial charge in [-0.25, -0.2) is 5.10 Å². The fourth-order valence-corrected chi connectivity index (χ4v) is 2.74. The lowest BCUT2D eigenvalue weighted by atomic mass is 10.2. The molecule has 0 saturated carbocycles. The first-order valence-corrected chi connectivity index (χ1v) is 7.06. The van der Waals surface area contributed by atoms with Gasteiger partial charge in [0.25, 0.3) is 4.84 Å². The van der Waals surface area contributed by atoms with E-state index in [1.165, 1.54) is 0 Å². The van der Waals surface area contributed by atoms with Gasteiger partial charge < -0.3 is 9.32 Å². The number of benzene rings is 1. The van der Waals surface area contributed by atoms with Gasteiger partial charge in [-0.05, 0) is 36.5 Å². The van der Waals surface area contributed by atoms with E-state index < -0.39 is 0 Å². The smallest absolute Gasteiger partial charge is 0.284 e. The number of nitrogens with one attached hydrogen (secondary N) is 1.